The van der Waals surface area contributed by atoms with Gasteiger partial charge in [0.1, 0.15) is 0 Å². The number of hydrogen-bond acceptors (Lipinski definition) is 2. The maximum atomic E-state index is 12.8. The van der Waals surface area contributed by atoms with Gasteiger partial charge in [0.2, 0.25) is 0 Å². The van der Waals surface area contributed by atoms with Crippen LogP contribution in [-0.2, 0) is 9.59 Å². The Balaban J connectivity index is 3.14. The summed E-state index contributed by atoms with van der Waals surface area (Å²) in [6, 6.07) is 0. The molecule has 0 rings (SSSR count). The third-order valence-corrected chi connectivity index (χ3v) is 4.70. The van der Waals surface area contributed by atoms with Crippen molar-refractivity contribution in [2.45, 2.75) is 115 Å². The number of unbranched alkanes of at least 4 members (excludes halogenated alkanes) is 13. The number of aliphatic carboxylic acids is 2. The van der Waals surface area contributed by atoms with Crippen LogP contribution in [-0.4, -0.2) is 34.5 Å². The fourth-order valence-electron chi connectivity index (χ4n) is 3.02. The Bertz CT molecular complexity index is 330. The molecule has 0 aromatic carbocycles. The van der Waals surface area contributed by atoms with E-state index in [0.717, 1.165) is 38.5 Å². The molecule has 0 bridgehead atoms. The summed E-state index contributed by atoms with van der Waals surface area (Å²) in [5.41, 5.74) is 0. The average molecular weight is 379 g/mol. The van der Waals surface area contributed by atoms with Crippen LogP contribution in [0.4, 0.5) is 8.78 Å². The minimum absolute atomic E-state index is 0.128. The van der Waals surface area contributed by atoms with Crippen LogP contribution in [0.1, 0.15) is 103 Å². The highest BCUT2D eigenvalue weighted by Gasteiger charge is 2.14. The predicted molar refractivity (Wildman–Crippen MR) is 98.9 cm³/mol. The van der Waals surface area contributed by atoms with Gasteiger partial charge in [0.25, 0.3) is 0 Å². The molecule has 0 heterocycles. The number of alkyl halides is 2. The molecule has 4 nitrogen and oxygen atoms in total. The normalized spacial score (nSPS) is 13.5. The fourth-order valence-corrected chi connectivity index (χ4v) is 3.02. The smallest absolute Gasteiger partial charge is 0.338 e. The van der Waals surface area contributed by atoms with E-state index in [1.807, 2.05) is 0 Å². The van der Waals surface area contributed by atoms with E-state index in [-0.39, 0.29) is 12.8 Å². The SMILES string of the molecule is O=C(O)C(F)CCCCCCCCCCCCCCCCC(F)C(=O)O. The predicted octanol–water partition coefficient (Wildman–Crippen LogP) is 6.07. The van der Waals surface area contributed by atoms with E-state index < -0.39 is 24.3 Å². The van der Waals surface area contributed by atoms with Crippen molar-refractivity contribution in [2.75, 3.05) is 0 Å². The van der Waals surface area contributed by atoms with Gasteiger partial charge in [-0.1, -0.05) is 77.0 Å². The zero-order valence-electron chi connectivity index (χ0n) is 15.9. The second-order valence-electron chi connectivity index (χ2n) is 7.14. The zero-order chi connectivity index (χ0) is 19.6. The lowest BCUT2D eigenvalue weighted by molar-refractivity contribution is -0.143. The molecule has 0 amide bonds. The van der Waals surface area contributed by atoms with Crippen LogP contribution in [0.3, 0.4) is 0 Å². The van der Waals surface area contributed by atoms with Gasteiger partial charge in [-0.2, -0.15) is 0 Å². The molecule has 0 saturated carbocycles. The lowest BCUT2D eigenvalue weighted by atomic mass is 10.0. The largest absolute Gasteiger partial charge is 0.479 e. The first-order valence-electron chi connectivity index (χ1n) is 10.2. The molecular formula is C20H36F2O4. The van der Waals surface area contributed by atoms with Crippen molar-refractivity contribution in [2.24, 2.45) is 0 Å². The maximum absolute atomic E-state index is 12.8. The molecule has 0 spiro atoms. The number of halogens is 2. The van der Waals surface area contributed by atoms with Crippen LogP contribution in [0.25, 0.3) is 0 Å². The molecule has 0 saturated heterocycles. The van der Waals surface area contributed by atoms with E-state index in [4.69, 9.17) is 10.2 Å². The highest BCUT2D eigenvalue weighted by atomic mass is 19.1. The van der Waals surface area contributed by atoms with Crippen LogP contribution in [0.15, 0.2) is 0 Å². The summed E-state index contributed by atoms with van der Waals surface area (Å²) in [6.45, 7) is 0. The summed E-state index contributed by atoms with van der Waals surface area (Å²) in [4.78, 5) is 20.6. The zero-order valence-corrected chi connectivity index (χ0v) is 15.9. The van der Waals surface area contributed by atoms with E-state index in [2.05, 4.69) is 0 Å². The first kappa shape index (κ1) is 24.8. The van der Waals surface area contributed by atoms with Crippen molar-refractivity contribution in [3.05, 3.63) is 0 Å². The van der Waals surface area contributed by atoms with Crippen molar-refractivity contribution >= 4 is 11.9 Å². The van der Waals surface area contributed by atoms with E-state index >= 15 is 0 Å². The highest BCUT2D eigenvalue weighted by Crippen LogP contribution is 2.15. The Hall–Kier alpha value is -1.20. The number of carboxylic acids is 2. The molecule has 0 aromatic heterocycles. The Kier molecular flexibility index (Phi) is 16.4. The third-order valence-electron chi connectivity index (χ3n) is 4.70. The van der Waals surface area contributed by atoms with E-state index in [0.29, 0.717) is 12.8 Å². The standard InChI is InChI=1S/C20H36F2O4/c21-17(19(23)24)15-13-11-9-7-5-3-1-2-4-6-8-10-12-14-16-18(22)20(25)26/h17-18H,1-16H2,(H,23,24)(H,25,26). The summed E-state index contributed by atoms with van der Waals surface area (Å²) in [6.07, 6.45) is 11.6. The second-order valence-corrected chi connectivity index (χ2v) is 7.14. The van der Waals surface area contributed by atoms with Crippen molar-refractivity contribution in [1.82, 2.24) is 0 Å². The van der Waals surface area contributed by atoms with Gasteiger partial charge in [0.15, 0.2) is 12.3 Å². The van der Waals surface area contributed by atoms with Crippen molar-refractivity contribution < 1.29 is 28.6 Å². The van der Waals surface area contributed by atoms with Gasteiger partial charge in [-0.15, -0.1) is 0 Å². The molecule has 0 radical (unpaired) electrons. The molecule has 2 N–H and O–H groups in total. The van der Waals surface area contributed by atoms with E-state index in [1.54, 1.807) is 0 Å². The molecule has 154 valence electrons. The van der Waals surface area contributed by atoms with Crippen molar-refractivity contribution in [3.8, 4) is 0 Å². The van der Waals surface area contributed by atoms with Crippen LogP contribution in [0.2, 0.25) is 0 Å². The molecule has 2 unspecified atom stereocenters. The quantitative estimate of drug-likeness (QED) is 0.267. The minimum Gasteiger partial charge on any atom is -0.479 e. The van der Waals surface area contributed by atoms with Crippen LogP contribution >= 0.6 is 0 Å². The van der Waals surface area contributed by atoms with Gasteiger partial charge < -0.3 is 10.2 Å². The molecular weight excluding hydrogens is 342 g/mol. The summed E-state index contributed by atoms with van der Waals surface area (Å²) in [7, 11) is 0. The maximum Gasteiger partial charge on any atom is 0.338 e. The van der Waals surface area contributed by atoms with Gasteiger partial charge in [-0.25, -0.2) is 18.4 Å². The van der Waals surface area contributed by atoms with E-state index in [9.17, 15) is 18.4 Å². The summed E-state index contributed by atoms with van der Waals surface area (Å²) in [5.74, 6) is -2.70. The van der Waals surface area contributed by atoms with Gasteiger partial charge in [-0.05, 0) is 25.7 Å². The molecule has 0 aliphatic heterocycles. The van der Waals surface area contributed by atoms with Crippen LogP contribution < -0.4 is 0 Å². The summed E-state index contributed by atoms with van der Waals surface area (Å²) in [5, 5.41) is 16.9. The molecule has 26 heavy (non-hydrogen) atoms. The van der Waals surface area contributed by atoms with Gasteiger partial charge in [0, 0.05) is 0 Å². The minimum atomic E-state index is -1.71. The lowest BCUT2D eigenvalue weighted by Gasteiger charge is -2.05. The van der Waals surface area contributed by atoms with Crippen molar-refractivity contribution in [1.29, 1.82) is 0 Å². The molecule has 2 atom stereocenters. The first-order chi connectivity index (χ1) is 12.4. The number of carbonyl (C=O) groups is 2. The molecule has 0 aliphatic rings. The monoisotopic (exact) mass is 378 g/mol. The highest BCUT2D eigenvalue weighted by molar-refractivity contribution is 5.72. The van der Waals surface area contributed by atoms with Gasteiger partial charge >= 0.3 is 11.9 Å². The molecule has 0 fully saturated rings. The van der Waals surface area contributed by atoms with Crippen LogP contribution in [0.5, 0.6) is 0 Å². The Morgan fingerprint density at radius 3 is 0.885 bits per heavy atom. The number of rotatable bonds is 19. The van der Waals surface area contributed by atoms with Gasteiger partial charge in [-0.3, -0.25) is 0 Å². The molecule has 6 heteroatoms. The second kappa shape index (κ2) is 17.2. The van der Waals surface area contributed by atoms with Crippen molar-refractivity contribution in [3.63, 3.8) is 0 Å². The number of hydrogen-bond donors (Lipinski definition) is 2. The Morgan fingerprint density at radius 2 is 0.692 bits per heavy atom. The van der Waals surface area contributed by atoms with Gasteiger partial charge in [0.05, 0.1) is 0 Å². The summed E-state index contributed by atoms with van der Waals surface area (Å²) < 4.78 is 25.6. The Labute approximate surface area is 156 Å². The topological polar surface area (TPSA) is 74.6 Å². The Morgan fingerprint density at radius 1 is 0.500 bits per heavy atom. The third kappa shape index (κ3) is 16.3. The first-order valence-corrected chi connectivity index (χ1v) is 10.2. The number of carboxylic acid groups (broad SMARTS) is 2. The van der Waals surface area contributed by atoms with E-state index in [1.165, 1.54) is 38.5 Å². The fraction of sp³-hybridized carbons (Fsp3) is 0.900. The summed E-state index contributed by atoms with van der Waals surface area (Å²) >= 11 is 0. The lowest BCUT2D eigenvalue weighted by Crippen LogP contribution is -2.13. The molecule has 0 aliphatic carbocycles. The van der Waals surface area contributed by atoms with Crippen LogP contribution in [0, 0.1) is 0 Å². The average Bonchev–Trinajstić information content (AvgIpc) is 2.60. The molecule has 0 aromatic rings.